The monoisotopic (exact) mass is 920 g/mol. The topological polar surface area (TPSA) is 8.17 Å². The van der Waals surface area contributed by atoms with Crippen molar-refractivity contribution in [3.63, 3.8) is 0 Å². The molecule has 0 fully saturated rings. The molecule has 2 aromatic heterocycles. The Balaban J connectivity index is 1.01. The second kappa shape index (κ2) is 16.9. The van der Waals surface area contributed by atoms with Gasteiger partial charge in [-0.2, -0.15) is 0 Å². The number of fused-ring (bicyclic) bond motifs is 8. The van der Waals surface area contributed by atoms with Crippen LogP contribution in [-0.2, 0) is 0 Å². The molecule has 71 heavy (non-hydrogen) atoms. The Morgan fingerprint density at radius 2 is 0.746 bits per heavy atom. The highest BCUT2D eigenvalue weighted by Gasteiger charge is 2.23. The van der Waals surface area contributed by atoms with Crippen LogP contribution >= 0.6 is 11.3 Å². The molecule has 0 saturated heterocycles. The van der Waals surface area contributed by atoms with Crippen molar-refractivity contribution in [2.45, 2.75) is 0 Å². The number of thiophene rings is 1. The third-order valence-corrected chi connectivity index (χ3v) is 15.6. The Hall–Kier alpha value is -9.02. The first-order chi connectivity index (χ1) is 35.2. The van der Waals surface area contributed by atoms with Crippen LogP contribution in [0.15, 0.2) is 267 Å². The minimum atomic E-state index is 1.08. The maximum absolute atomic E-state index is 2.46. The van der Waals surface area contributed by atoms with E-state index in [0.29, 0.717) is 0 Å². The molecule has 0 aliphatic rings. The second-order valence-electron chi connectivity index (χ2n) is 18.4. The van der Waals surface area contributed by atoms with E-state index in [1.165, 1.54) is 96.9 Å². The molecule has 0 aliphatic carbocycles. The highest BCUT2D eigenvalue weighted by atomic mass is 32.1. The highest BCUT2D eigenvalue weighted by molar-refractivity contribution is 7.25. The normalized spacial score (nSPS) is 11.7. The summed E-state index contributed by atoms with van der Waals surface area (Å²) in [6, 6.07) is 98.2. The highest BCUT2D eigenvalue weighted by Crippen LogP contribution is 2.49. The molecule has 0 aliphatic heterocycles. The van der Waals surface area contributed by atoms with Crippen molar-refractivity contribution in [3.8, 4) is 50.2 Å². The summed E-state index contributed by atoms with van der Waals surface area (Å²) in [6.07, 6.45) is 0. The maximum Gasteiger partial charge on any atom is 0.0541 e. The van der Waals surface area contributed by atoms with Crippen LogP contribution in [0.2, 0.25) is 0 Å². The van der Waals surface area contributed by atoms with Gasteiger partial charge in [0.2, 0.25) is 0 Å². The van der Waals surface area contributed by atoms with Crippen molar-refractivity contribution >= 4 is 91.9 Å². The average molecular weight is 921 g/mol. The third-order valence-electron chi connectivity index (χ3n) is 14.4. The van der Waals surface area contributed by atoms with E-state index in [9.17, 15) is 0 Å². The SMILES string of the molecule is c1ccc(-n2c3ccccc3c3ccccc32)c(-c2ccc(N(c3ccc(-c4cccc5ccccc45)cc3)c3ccc(-c4cccc5ccccc45)cc3)c(-c3cccc4sc5ccccc5c34)c2)c1. The van der Waals surface area contributed by atoms with E-state index in [2.05, 4.69) is 276 Å². The first-order valence-electron chi connectivity index (χ1n) is 24.3. The quantitative estimate of drug-likeness (QED) is 0.147. The van der Waals surface area contributed by atoms with Crippen molar-refractivity contribution in [2.75, 3.05) is 4.90 Å². The van der Waals surface area contributed by atoms with Crippen molar-refractivity contribution in [1.82, 2.24) is 4.57 Å². The first kappa shape index (κ1) is 41.0. The average Bonchev–Trinajstić information content (AvgIpc) is 4.00. The van der Waals surface area contributed by atoms with Crippen molar-refractivity contribution in [1.29, 1.82) is 0 Å². The molecule has 0 radical (unpaired) electrons. The number of hydrogen-bond donors (Lipinski definition) is 0. The van der Waals surface area contributed by atoms with Gasteiger partial charge in [-0.1, -0.05) is 200 Å². The molecule has 0 atom stereocenters. The van der Waals surface area contributed by atoms with Gasteiger partial charge in [-0.05, 0) is 122 Å². The Morgan fingerprint density at radius 3 is 1.38 bits per heavy atom. The molecule has 0 spiro atoms. The molecular weight excluding hydrogens is 877 g/mol. The minimum absolute atomic E-state index is 1.08. The van der Waals surface area contributed by atoms with Crippen LogP contribution in [0.3, 0.4) is 0 Å². The van der Waals surface area contributed by atoms with Crippen LogP contribution in [0.1, 0.15) is 0 Å². The van der Waals surface area contributed by atoms with E-state index >= 15 is 0 Å². The fourth-order valence-corrected chi connectivity index (χ4v) is 12.3. The van der Waals surface area contributed by atoms with Gasteiger partial charge in [-0.25, -0.2) is 0 Å². The van der Waals surface area contributed by atoms with Gasteiger partial charge in [-0.15, -0.1) is 11.3 Å². The van der Waals surface area contributed by atoms with Crippen LogP contribution < -0.4 is 4.90 Å². The minimum Gasteiger partial charge on any atom is -0.310 e. The van der Waals surface area contributed by atoms with Gasteiger partial charge in [0.15, 0.2) is 0 Å². The van der Waals surface area contributed by atoms with Gasteiger partial charge in [0.1, 0.15) is 0 Å². The van der Waals surface area contributed by atoms with E-state index in [-0.39, 0.29) is 0 Å². The van der Waals surface area contributed by atoms with Gasteiger partial charge < -0.3 is 9.47 Å². The van der Waals surface area contributed by atoms with Gasteiger partial charge in [0.25, 0.3) is 0 Å². The summed E-state index contributed by atoms with van der Waals surface area (Å²) in [4.78, 5) is 2.46. The molecule has 0 amide bonds. The number of benzene rings is 12. The Bertz CT molecular complexity index is 4160. The number of aromatic nitrogens is 1. The Morgan fingerprint density at radius 1 is 0.296 bits per heavy atom. The first-order valence-corrected chi connectivity index (χ1v) is 25.1. The third kappa shape index (κ3) is 6.85. The van der Waals surface area contributed by atoms with E-state index in [1.54, 1.807) is 0 Å². The van der Waals surface area contributed by atoms with Gasteiger partial charge >= 0.3 is 0 Å². The Labute approximate surface area is 416 Å². The fourth-order valence-electron chi connectivity index (χ4n) is 11.2. The fraction of sp³-hybridized carbons (Fsp3) is 0. The van der Waals surface area contributed by atoms with E-state index in [0.717, 1.165) is 33.9 Å². The zero-order valence-corrected chi connectivity index (χ0v) is 39.5. The van der Waals surface area contributed by atoms with Crippen molar-refractivity contribution in [2.24, 2.45) is 0 Å². The molecule has 14 aromatic rings. The number of para-hydroxylation sites is 3. The van der Waals surface area contributed by atoms with Gasteiger partial charge in [0.05, 0.1) is 22.4 Å². The number of hydrogen-bond acceptors (Lipinski definition) is 2. The predicted octanol–water partition coefficient (Wildman–Crippen LogP) is 19.6. The van der Waals surface area contributed by atoms with Crippen molar-refractivity contribution in [3.05, 3.63) is 267 Å². The van der Waals surface area contributed by atoms with Crippen LogP contribution in [0.4, 0.5) is 17.1 Å². The molecule has 12 aromatic carbocycles. The lowest BCUT2D eigenvalue weighted by Crippen LogP contribution is -2.11. The van der Waals surface area contributed by atoms with Crippen LogP contribution in [0, 0.1) is 0 Å². The summed E-state index contributed by atoms with van der Waals surface area (Å²) in [6.45, 7) is 0. The Kier molecular flexibility index (Phi) is 9.75. The van der Waals surface area contributed by atoms with E-state index in [4.69, 9.17) is 0 Å². The van der Waals surface area contributed by atoms with Crippen LogP contribution in [0.5, 0.6) is 0 Å². The maximum atomic E-state index is 2.46. The number of nitrogens with zero attached hydrogens (tertiary/aromatic N) is 2. The summed E-state index contributed by atoms with van der Waals surface area (Å²) in [5.74, 6) is 0. The lowest BCUT2D eigenvalue weighted by Gasteiger charge is -2.29. The summed E-state index contributed by atoms with van der Waals surface area (Å²) in [7, 11) is 0. The lowest BCUT2D eigenvalue weighted by molar-refractivity contribution is 1.18. The molecule has 14 rings (SSSR count). The largest absolute Gasteiger partial charge is 0.310 e. The second-order valence-corrected chi connectivity index (χ2v) is 19.5. The smallest absolute Gasteiger partial charge is 0.0541 e. The zero-order chi connectivity index (χ0) is 46.8. The number of anilines is 3. The molecular formula is C68H44N2S. The molecule has 332 valence electrons. The summed E-state index contributed by atoms with van der Waals surface area (Å²) < 4.78 is 5.01. The standard InChI is InChI=1S/C68H44N2S/c1-3-20-52-45(16-1)18-13-26-54(52)47-34-39-50(40-35-47)69(51-41-36-48(37-42-51)55-27-14-19-46-17-2-4-21-53(46)55)65-43-38-49(44-61(65)59-28-15-33-67-68(59)60-25-8-12-32-66(60)71-67)56-22-5-9-29-62(56)70-63-30-10-6-23-57(63)58-24-7-11-31-64(58)70/h1-44H. The summed E-state index contributed by atoms with van der Waals surface area (Å²) in [5.41, 5.74) is 16.3. The van der Waals surface area contributed by atoms with Gasteiger partial charge in [0, 0.05) is 53.4 Å². The summed E-state index contributed by atoms with van der Waals surface area (Å²) in [5, 5.41) is 10.0. The lowest BCUT2D eigenvalue weighted by atomic mass is 9.92. The number of rotatable bonds is 8. The summed E-state index contributed by atoms with van der Waals surface area (Å²) >= 11 is 1.86. The van der Waals surface area contributed by atoms with E-state index < -0.39 is 0 Å². The molecule has 2 heterocycles. The molecule has 0 N–H and O–H groups in total. The van der Waals surface area contributed by atoms with E-state index in [1.807, 2.05) is 11.3 Å². The molecule has 0 bridgehead atoms. The molecule has 0 unspecified atom stereocenters. The van der Waals surface area contributed by atoms with Crippen molar-refractivity contribution < 1.29 is 0 Å². The van der Waals surface area contributed by atoms with Crippen LogP contribution in [-0.4, -0.2) is 4.57 Å². The van der Waals surface area contributed by atoms with Gasteiger partial charge in [-0.3, -0.25) is 0 Å². The molecule has 3 heteroatoms. The van der Waals surface area contributed by atoms with Crippen LogP contribution in [0.25, 0.3) is 114 Å². The predicted molar refractivity (Wildman–Crippen MR) is 305 cm³/mol. The molecule has 2 nitrogen and oxygen atoms in total. The zero-order valence-electron chi connectivity index (χ0n) is 38.7. The molecule has 0 saturated carbocycles.